The maximum Gasteiger partial charge on any atom is 0.305 e. The number of halogens is 1. The summed E-state index contributed by atoms with van der Waals surface area (Å²) in [7, 11) is 0. The molecule has 2 aromatic heterocycles. The average molecular weight is 576 g/mol. The van der Waals surface area contributed by atoms with Gasteiger partial charge < -0.3 is 29.7 Å². The highest BCUT2D eigenvalue weighted by atomic mass is 19.1. The van der Waals surface area contributed by atoms with Crippen LogP contribution in [0.3, 0.4) is 0 Å². The van der Waals surface area contributed by atoms with Crippen LogP contribution in [0.25, 0.3) is 28.3 Å². The van der Waals surface area contributed by atoms with Gasteiger partial charge in [0.2, 0.25) is 0 Å². The third-order valence-corrected chi connectivity index (χ3v) is 6.68. The van der Waals surface area contributed by atoms with Gasteiger partial charge in [0.1, 0.15) is 23.0 Å². The second kappa shape index (κ2) is 13.4. The molecule has 2 aromatic carbocycles. The Balaban J connectivity index is 1.91. The fraction of sp³-hybridized carbons (Fsp3) is 0.281. The van der Waals surface area contributed by atoms with Gasteiger partial charge in [-0.3, -0.25) is 9.59 Å². The Kier molecular flexibility index (Phi) is 9.72. The summed E-state index contributed by atoms with van der Waals surface area (Å²) in [6.07, 6.45) is 0.0252. The van der Waals surface area contributed by atoms with Crippen molar-refractivity contribution in [2.45, 2.75) is 58.4 Å². The van der Waals surface area contributed by atoms with Gasteiger partial charge in [-0.25, -0.2) is 4.39 Å². The topological polar surface area (TPSA) is 138 Å². The van der Waals surface area contributed by atoms with Gasteiger partial charge >= 0.3 is 5.97 Å². The molecule has 0 saturated heterocycles. The van der Waals surface area contributed by atoms with Gasteiger partial charge in [0, 0.05) is 35.3 Å². The molecule has 0 radical (unpaired) electrons. The van der Waals surface area contributed by atoms with Crippen molar-refractivity contribution in [2.24, 2.45) is 0 Å². The molecule has 9 nitrogen and oxygen atoms in total. The summed E-state index contributed by atoms with van der Waals surface area (Å²) in [4.78, 5) is 24.9. The predicted octanol–water partition coefficient (Wildman–Crippen LogP) is 5.37. The van der Waals surface area contributed by atoms with Gasteiger partial charge in [-0.05, 0) is 50.1 Å². The highest BCUT2D eigenvalue weighted by Gasteiger charge is 2.29. The van der Waals surface area contributed by atoms with Crippen molar-refractivity contribution in [3.05, 3.63) is 95.4 Å². The van der Waals surface area contributed by atoms with Crippen LogP contribution in [0.2, 0.25) is 0 Å². The maximum atomic E-state index is 14.0. The monoisotopic (exact) mass is 575 g/mol. The van der Waals surface area contributed by atoms with Gasteiger partial charge in [0.05, 0.1) is 25.2 Å². The standard InChI is InChI=1S/C32H34FN3O6/c1-19(2)36-27(14-13-25(37)16-26(38)17-28(39)40)29(22-9-11-23(33)12-10-22)30(21-7-5-4-6-8-21)31(36)32(41)34-18-24-15-20(3)42-35-24/h4-15,19,25-26,37-38H,16-18H2,1-3H3,(H,34,41)(H,39,40). The van der Waals surface area contributed by atoms with Crippen LogP contribution in [0.5, 0.6) is 0 Å². The van der Waals surface area contributed by atoms with Crippen LogP contribution in [-0.2, 0) is 11.3 Å². The van der Waals surface area contributed by atoms with E-state index < -0.39 is 30.4 Å². The zero-order valence-electron chi connectivity index (χ0n) is 23.6. The number of aryl methyl sites for hydroxylation is 1. The van der Waals surface area contributed by atoms with E-state index in [0.717, 1.165) is 5.56 Å². The molecule has 4 rings (SSSR count). The Morgan fingerprint density at radius 2 is 1.71 bits per heavy atom. The molecule has 2 heterocycles. The van der Waals surface area contributed by atoms with Crippen LogP contribution >= 0.6 is 0 Å². The van der Waals surface area contributed by atoms with E-state index >= 15 is 0 Å². The van der Waals surface area contributed by atoms with Crippen molar-refractivity contribution in [3.8, 4) is 22.3 Å². The molecule has 1 amide bonds. The number of carboxylic acid groups (broad SMARTS) is 1. The largest absolute Gasteiger partial charge is 0.481 e. The van der Waals surface area contributed by atoms with E-state index in [1.54, 1.807) is 31.2 Å². The minimum absolute atomic E-state index is 0.130. The molecule has 0 fully saturated rings. The lowest BCUT2D eigenvalue weighted by Gasteiger charge is -2.17. The number of amides is 1. The number of carboxylic acids is 1. The Bertz CT molecular complexity index is 1560. The molecule has 4 aromatic rings. The van der Waals surface area contributed by atoms with Gasteiger partial charge in [0.15, 0.2) is 0 Å². The summed E-state index contributed by atoms with van der Waals surface area (Å²) in [6, 6.07) is 16.8. The predicted molar refractivity (Wildman–Crippen MR) is 156 cm³/mol. The van der Waals surface area contributed by atoms with Gasteiger partial charge in [-0.15, -0.1) is 0 Å². The van der Waals surface area contributed by atoms with E-state index in [-0.39, 0.29) is 24.9 Å². The van der Waals surface area contributed by atoms with Gasteiger partial charge in [-0.1, -0.05) is 53.7 Å². The zero-order valence-corrected chi connectivity index (χ0v) is 23.6. The number of carbonyl (C=O) groups is 2. The first-order valence-electron chi connectivity index (χ1n) is 13.6. The Morgan fingerprint density at radius 1 is 1.05 bits per heavy atom. The van der Waals surface area contributed by atoms with Crippen molar-refractivity contribution in [1.29, 1.82) is 0 Å². The summed E-state index contributed by atoms with van der Waals surface area (Å²) < 4.78 is 21.0. The molecule has 220 valence electrons. The molecule has 0 aliphatic carbocycles. The molecule has 0 saturated carbocycles. The third-order valence-electron chi connectivity index (χ3n) is 6.68. The zero-order chi connectivity index (χ0) is 30.4. The number of aliphatic hydroxyl groups excluding tert-OH is 2. The lowest BCUT2D eigenvalue weighted by Crippen LogP contribution is -2.27. The quantitative estimate of drug-likeness (QED) is 0.178. The summed E-state index contributed by atoms with van der Waals surface area (Å²) in [5, 5.41) is 36.5. The number of aromatic nitrogens is 2. The van der Waals surface area contributed by atoms with Crippen LogP contribution in [0.4, 0.5) is 4.39 Å². The summed E-state index contributed by atoms with van der Waals surface area (Å²) in [5.41, 5.74) is 4.16. The molecule has 2 atom stereocenters. The first-order valence-corrected chi connectivity index (χ1v) is 13.6. The molecule has 0 aliphatic heterocycles. The highest BCUT2D eigenvalue weighted by Crippen LogP contribution is 2.42. The molecule has 4 N–H and O–H groups in total. The normalized spacial score (nSPS) is 13.0. The van der Waals surface area contributed by atoms with Crippen LogP contribution in [0.1, 0.15) is 60.4 Å². The number of rotatable bonds is 12. The molecule has 0 bridgehead atoms. The summed E-state index contributed by atoms with van der Waals surface area (Å²) in [5.74, 6) is -1.34. The molecule has 0 aliphatic rings. The Labute approximate surface area is 242 Å². The van der Waals surface area contributed by atoms with Gasteiger partial charge in [-0.2, -0.15) is 0 Å². The van der Waals surface area contributed by atoms with Crippen LogP contribution in [-0.4, -0.2) is 49.1 Å². The Hall–Kier alpha value is -4.54. The number of benzene rings is 2. The van der Waals surface area contributed by atoms with E-state index in [4.69, 9.17) is 9.63 Å². The van der Waals surface area contributed by atoms with Crippen LogP contribution in [0.15, 0.2) is 71.3 Å². The summed E-state index contributed by atoms with van der Waals surface area (Å²) in [6.45, 7) is 5.74. The van der Waals surface area contributed by atoms with Crippen LogP contribution in [0, 0.1) is 12.7 Å². The molecular formula is C32H34FN3O6. The number of aliphatic carboxylic acids is 1. The maximum absolute atomic E-state index is 14.0. The minimum atomic E-state index is -1.24. The summed E-state index contributed by atoms with van der Waals surface area (Å²) >= 11 is 0. The fourth-order valence-electron chi connectivity index (χ4n) is 4.93. The van der Waals surface area contributed by atoms with Crippen molar-refractivity contribution in [3.63, 3.8) is 0 Å². The number of nitrogens with zero attached hydrogens (tertiary/aromatic N) is 2. The molecule has 2 unspecified atom stereocenters. The highest BCUT2D eigenvalue weighted by molar-refractivity contribution is 6.06. The van der Waals surface area contributed by atoms with Crippen molar-refractivity contribution < 1.29 is 33.8 Å². The van der Waals surface area contributed by atoms with Crippen molar-refractivity contribution in [2.75, 3.05) is 0 Å². The average Bonchev–Trinajstić information content (AvgIpc) is 3.52. The second-order valence-electron chi connectivity index (χ2n) is 10.3. The van der Waals surface area contributed by atoms with E-state index in [0.29, 0.717) is 39.5 Å². The smallest absolute Gasteiger partial charge is 0.305 e. The lowest BCUT2D eigenvalue weighted by atomic mass is 9.94. The number of hydrogen-bond donors (Lipinski definition) is 4. The lowest BCUT2D eigenvalue weighted by molar-refractivity contribution is -0.139. The first-order chi connectivity index (χ1) is 20.0. The van der Waals surface area contributed by atoms with Crippen molar-refractivity contribution in [1.82, 2.24) is 15.0 Å². The molecular weight excluding hydrogens is 541 g/mol. The molecule has 42 heavy (non-hydrogen) atoms. The van der Waals surface area contributed by atoms with E-state index in [1.807, 2.05) is 48.7 Å². The number of hydrogen-bond acceptors (Lipinski definition) is 6. The molecule has 0 spiro atoms. The van der Waals surface area contributed by atoms with E-state index in [1.165, 1.54) is 18.2 Å². The number of aliphatic hydroxyl groups is 2. The van der Waals surface area contributed by atoms with Gasteiger partial charge in [0.25, 0.3) is 5.91 Å². The minimum Gasteiger partial charge on any atom is -0.481 e. The third kappa shape index (κ3) is 7.20. The second-order valence-corrected chi connectivity index (χ2v) is 10.3. The number of nitrogens with one attached hydrogen (secondary N) is 1. The molecule has 10 heteroatoms. The Morgan fingerprint density at radius 3 is 2.31 bits per heavy atom. The fourth-order valence-corrected chi connectivity index (χ4v) is 4.93. The van der Waals surface area contributed by atoms with E-state index in [9.17, 15) is 24.2 Å². The van der Waals surface area contributed by atoms with Crippen LogP contribution < -0.4 is 5.32 Å². The SMILES string of the molecule is Cc1cc(CNC(=O)c2c(-c3ccccc3)c(-c3ccc(F)cc3)c(C=CC(O)CC(O)CC(=O)O)n2C(C)C)no1. The van der Waals surface area contributed by atoms with E-state index in [2.05, 4.69) is 10.5 Å². The van der Waals surface area contributed by atoms with Crippen molar-refractivity contribution >= 4 is 18.0 Å². The number of carbonyl (C=O) groups excluding carboxylic acids is 1. The first kappa shape index (κ1) is 30.4.